The van der Waals surface area contributed by atoms with Crippen LogP contribution in [0, 0.1) is 12.3 Å². The molecule has 1 atom stereocenters. The van der Waals surface area contributed by atoms with E-state index in [0.29, 0.717) is 6.04 Å². The minimum atomic E-state index is 0.235. The molecule has 1 unspecified atom stereocenters. The molecule has 0 spiro atoms. The Balaban J connectivity index is 2.11. The summed E-state index contributed by atoms with van der Waals surface area (Å²) in [7, 11) is 0. The van der Waals surface area contributed by atoms with E-state index in [2.05, 4.69) is 37.1 Å². The number of hydrogen-bond donors (Lipinski definition) is 1. The highest BCUT2D eigenvalue weighted by molar-refractivity contribution is 8.14. The quantitative estimate of drug-likeness (QED) is 0.839. The number of pyridine rings is 1. The molecule has 0 saturated carbocycles. The van der Waals surface area contributed by atoms with Gasteiger partial charge in [0, 0.05) is 11.9 Å². The van der Waals surface area contributed by atoms with Gasteiger partial charge in [-0.05, 0) is 30.4 Å². The van der Waals surface area contributed by atoms with Gasteiger partial charge in [0.15, 0.2) is 5.17 Å². The molecular formula is C14H21N3S. The van der Waals surface area contributed by atoms with Crippen molar-refractivity contribution in [3.63, 3.8) is 0 Å². The van der Waals surface area contributed by atoms with E-state index >= 15 is 0 Å². The number of hydrogen-bond acceptors (Lipinski definition) is 4. The first-order chi connectivity index (χ1) is 8.45. The van der Waals surface area contributed by atoms with Crippen molar-refractivity contribution in [3.05, 3.63) is 24.0 Å². The Hall–Kier alpha value is -1.03. The summed E-state index contributed by atoms with van der Waals surface area (Å²) in [6, 6.07) is 2.50. The van der Waals surface area contributed by atoms with Crippen molar-refractivity contribution in [2.75, 3.05) is 11.1 Å². The van der Waals surface area contributed by atoms with Crippen molar-refractivity contribution in [3.8, 4) is 0 Å². The Morgan fingerprint density at radius 3 is 2.78 bits per heavy atom. The van der Waals surface area contributed by atoms with Crippen molar-refractivity contribution >= 4 is 22.6 Å². The molecule has 3 nitrogen and oxygen atoms in total. The van der Waals surface area contributed by atoms with Crippen molar-refractivity contribution in [1.29, 1.82) is 0 Å². The molecule has 1 aromatic heterocycles. The number of aromatic nitrogens is 1. The zero-order valence-corrected chi connectivity index (χ0v) is 12.3. The number of aliphatic imine (C=N–C) groups is 1. The maximum Gasteiger partial charge on any atom is 0.161 e. The van der Waals surface area contributed by atoms with E-state index in [4.69, 9.17) is 4.99 Å². The summed E-state index contributed by atoms with van der Waals surface area (Å²) in [4.78, 5) is 9.01. The smallest absolute Gasteiger partial charge is 0.161 e. The monoisotopic (exact) mass is 263 g/mol. The van der Waals surface area contributed by atoms with E-state index in [9.17, 15) is 0 Å². The average Bonchev–Trinajstić information content (AvgIpc) is 2.28. The van der Waals surface area contributed by atoms with Crippen LogP contribution in [0.4, 0.5) is 5.69 Å². The summed E-state index contributed by atoms with van der Waals surface area (Å²) in [5, 5.41) is 4.40. The summed E-state index contributed by atoms with van der Waals surface area (Å²) in [6.45, 7) is 8.81. The Morgan fingerprint density at radius 1 is 1.33 bits per heavy atom. The molecule has 0 amide bonds. The molecule has 0 aliphatic carbocycles. The van der Waals surface area contributed by atoms with Gasteiger partial charge >= 0.3 is 0 Å². The number of thioether (sulfide) groups is 1. The Labute approximate surface area is 113 Å². The van der Waals surface area contributed by atoms with Crippen LogP contribution in [0.15, 0.2) is 23.5 Å². The van der Waals surface area contributed by atoms with Crippen molar-refractivity contribution in [1.82, 2.24) is 4.98 Å². The Bertz CT molecular complexity index is 449. The number of anilines is 1. The van der Waals surface area contributed by atoms with Gasteiger partial charge in [0.2, 0.25) is 0 Å². The number of amidine groups is 1. The number of aryl methyl sites for hydroxylation is 1. The van der Waals surface area contributed by atoms with E-state index in [1.54, 1.807) is 11.8 Å². The van der Waals surface area contributed by atoms with Gasteiger partial charge in [-0.3, -0.25) is 9.98 Å². The molecule has 1 aliphatic heterocycles. The summed E-state index contributed by atoms with van der Waals surface area (Å²) in [6.07, 6.45) is 4.86. The fourth-order valence-electron chi connectivity index (χ4n) is 1.95. The first-order valence-electron chi connectivity index (χ1n) is 6.34. The standard InChI is InChI=1S/C14H21N3S/c1-10-7-11(9-15-8-10)16-13-17-12(5-6-18-13)14(2,3)4/h7-9,12H,5-6H2,1-4H3,(H,16,17). The van der Waals surface area contributed by atoms with Gasteiger partial charge in [0.05, 0.1) is 17.9 Å². The third-order valence-electron chi connectivity index (χ3n) is 3.03. The van der Waals surface area contributed by atoms with E-state index in [1.807, 2.05) is 19.3 Å². The molecule has 18 heavy (non-hydrogen) atoms. The molecule has 0 bridgehead atoms. The first kappa shape index (κ1) is 13.4. The van der Waals surface area contributed by atoms with Crippen LogP contribution in [-0.2, 0) is 0 Å². The molecule has 1 N–H and O–H groups in total. The van der Waals surface area contributed by atoms with Crippen LogP contribution in [0.2, 0.25) is 0 Å². The molecule has 2 rings (SSSR count). The van der Waals surface area contributed by atoms with Gasteiger partial charge in [-0.1, -0.05) is 32.5 Å². The second-order valence-corrected chi connectivity index (χ2v) is 6.91. The zero-order valence-electron chi connectivity index (χ0n) is 11.5. The third kappa shape index (κ3) is 3.48. The van der Waals surface area contributed by atoms with Gasteiger partial charge in [-0.25, -0.2) is 0 Å². The lowest BCUT2D eigenvalue weighted by atomic mass is 9.85. The second-order valence-electron chi connectivity index (χ2n) is 5.83. The van der Waals surface area contributed by atoms with Crippen LogP contribution in [0.3, 0.4) is 0 Å². The molecule has 1 aromatic rings. The minimum Gasteiger partial charge on any atom is -0.334 e. The van der Waals surface area contributed by atoms with Crippen LogP contribution >= 0.6 is 11.8 Å². The molecule has 0 radical (unpaired) electrons. The predicted molar refractivity (Wildman–Crippen MR) is 80.3 cm³/mol. The lowest BCUT2D eigenvalue weighted by molar-refractivity contribution is 0.316. The van der Waals surface area contributed by atoms with Crippen LogP contribution < -0.4 is 5.32 Å². The van der Waals surface area contributed by atoms with Gasteiger partial charge < -0.3 is 5.32 Å². The second kappa shape index (κ2) is 5.31. The topological polar surface area (TPSA) is 37.3 Å². The Kier molecular flexibility index (Phi) is 3.95. The fourth-order valence-corrected chi connectivity index (χ4v) is 2.88. The molecule has 0 aromatic carbocycles. The van der Waals surface area contributed by atoms with Crippen LogP contribution in [0.5, 0.6) is 0 Å². The van der Waals surface area contributed by atoms with Gasteiger partial charge in [-0.15, -0.1) is 0 Å². The zero-order chi connectivity index (χ0) is 13.2. The van der Waals surface area contributed by atoms with E-state index in [-0.39, 0.29) is 5.41 Å². The normalized spacial score (nSPS) is 20.4. The molecule has 4 heteroatoms. The maximum atomic E-state index is 4.82. The number of rotatable bonds is 1. The molecule has 0 fully saturated rings. The molecule has 0 saturated heterocycles. The van der Waals surface area contributed by atoms with Crippen LogP contribution in [-0.4, -0.2) is 21.9 Å². The lowest BCUT2D eigenvalue weighted by Crippen LogP contribution is -2.30. The highest BCUT2D eigenvalue weighted by Gasteiger charge is 2.27. The summed E-state index contributed by atoms with van der Waals surface area (Å²) >= 11 is 1.79. The van der Waals surface area contributed by atoms with Crippen LogP contribution in [0.25, 0.3) is 0 Å². The molecular weight excluding hydrogens is 242 g/mol. The Morgan fingerprint density at radius 2 is 2.11 bits per heavy atom. The SMILES string of the molecule is Cc1cncc(NC2=NC(C(C)(C)C)CCS2)c1. The third-order valence-corrected chi connectivity index (χ3v) is 3.95. The minimum absolute atomic E-state index is 0.235. The van der Waals surface area contributed by atoms with Crippen molar-refractivity contribution in [2.24, 2.45) is 10.4 Å². The van der Waals surface area contributed by atoms with Gasteiger partial charge in [-0.2, -0.15) is 0 Å². The largest absolute Gasteiger partial charge is 0.334 e. The van der Waals surface area contributed by atoms with Crippen molar-refractivity contribution < 1.29 is 0 Å². The fraction of sp³-hybridized carbons (Fsp3) is 0.571. The summed E-state index contributed by atoms with van der Waals surface area (Å²) in [5.41, 5.74) is 2.42. The summed E-state index contributed by atoms with van der Waals surface area (Å²) in [5.74, 6) is 1.13. The molecule has 98 valence electrons. The van der Waals surface area contributed by atoms with Gasteiger partial charge in [0.25, 0.3) is 0 Å². The molecule has 1 aliphatic rings. The highest BCUT2D eigenvalue weighted by Crippen LogP contribution is 2.31. The van der Waals surface area contributed by atoms with E-state index < -0.39 is 0 Å². The first-order valence-corrected chi connectivity index (χ1v) is 7.33. The predicted octanol–water partition coefficient (Wildman–Crippen LogP) is 3.71. The van der Waals surface area contributed by atoms with E-state index in [0.717, 1.165) is 28.6 Å². The number of nitrogens with zero attached hydrogens (tertiary/aromatic N) is 2. The van der Waals surface area contributed by atoms with Crippen LogP contribution in [0.1, 0.15) is 32.8 Å². The lowest BCUT2D eigenvalue weighted by Gasteiger charge is -2.31. The maximum absolute atomic E-state index is 4.82. The number of nitrogens with one attached hydrogen (secondary N) is 1. The van der Waals surface area contributed by atoms with Crippen molar-refractivity contribution in [2.45, 2.75) is 40.2 Å². The van der Waals surface area contributed by atoms with E-state index in [1.165, 1.54) is 0 Å². The average molecular weight is 263 g/mol. The molecule has 2 heterocycles. The summed E-state index contributed by atoms with van der Waals surface area (Å²) < 4.78 is 0. The highest BCUT2D eigenvalue weighted by atomic mass is 32.2. The van der Waals surface area contributed by atoms with Gasteiger partial charge in [0.1, 0.15) is 0 Å².